The highest BCUT2D eigenvalue weighted by atomic mass is 32.2. The Morgan fingerprint density at radius 2 is 1.95 bits per heavy atom. The van der Waals surface area contributed by atoms with Crippen LogP contribution in [-0.4, -0.2) is 53.1 Å². The number of pyridine rings is 4. The molecule has 39 heavy (non-hydrogen) atoms. The maximum Gasteiger partial charge on any atom is 0.253 e. The number of sulfone groups is 1. The van der Waals surface area contributed by atoms with Gasteiger partial charge in [0, 0.05) is 42.8 Å². The third-order valence-corrected chi connectivity index (χ3v) is 8.60. The number of nitriles is 1. The Bertz CT molecular complexity index is 1760. The van der Waals surface area contributed by atoms with E-state index in [1.807, 2.05) is 36.4 Å². The first-order valence-electron chi connectivity index (χ1n) is 12.6. The lowest BCUT2D eigenvalue weighted by Gasteiger charge is -2.54. The lowest BCUT2D eigenvalue weighted by Crippen LogP contribution is -2.57. The fourth-order valence-electron chi connectivity index (χ4n) is 5.27. The number of carbonyl (C=O) groups excluding carboxylic acids is 1. The molecule has 0 aromatic carbocycles. The van der Waals surface area contributed by atoms with E-state index in [0.29, 0.717) is 11.7 Å². The van der Waals surface area contributed by atoms with Gasteiger partial charge in [-0.25, -0.2) is 18.4 Å². The minimum atomic E-state index is -3.47. The van der Waals surface area contributed by atoms with Crippen molar-refractivity contribution in [2.24, 2.45) is 5.41 Å². The summed E-state index contributed by atoms with van der Waals surface area (Å²) in [7, 11) is -3.47. The highest BCUT2D eigenvalue weighted by molar-refractivity contribution is 7.90. The number of fused-ring (bicyclic) bond motifs is 3. The van der Waals surface area contributed by atoms with Gasteiger partial charge in [0.25, 0.3) is 5.91 Å². The summed E-state index contributed by atoms with van der Waals surface area (Å²) < 4.78 is 23.5. The number of rotatable bonds is 6. The number of hydrogen-bond acceptors (Lipinski definition) is 9. The first-order chi connectivity index (χ1) is 18.7. The maximum absolute atomic E-state index is 12.6. The van der Waals surface area contributed by atoms with Crippen molar-refractivity contribution >= 4 is 32.5 Å². The van der Waals surface area contributed by atoms with Gasteiger partial charge in [-0.05, 0) is 55.7 Å². The molecule has 1 N–H and O–H groups in total. The van der Waals surface area contributed by atoms with Crippen LogP contribution in [0.1, 0.15) is 35.3 Å². The van der Waals surface area contributed by atoms with Gasteiger partial charge in [-0.1, -0.05) is 6.07 Å². The fourth-order valence-corrected chi connectivity index (χ4v) is 5.87. The zero-order valence-corrected chi connectivity index (χ0v) is 22.0. The number of nitrogens with zero attached hydrogens (tertiary/aromatic N) is 6. The summed E-state index contributed by atoms with van der Waals surface area (Å²) in [5.41, 5.74) is 2.83. The van der Waals surface area contributed by atoms with E-state index in [1.54, 1.807) is 6.20 Å². The Hall–Kier alpha value is -4.43. The molecule has 7 rings (SSSR count). The predicted octanol–water partition coefficient (Wildman–Crippen LogP) is 3.30. The van der Waals surface area contributed by atoms with Gasteiger partial charge in [-0.3, -0.25) is 14.8 Å². The predicted molar refractivity (Wildman–Crippen MR) is 144 cm³/mol. The minimum absolute atomic E-state index is 0.0170. The highest BCUT2D eigenvalue weighted by Gasteiger charge is 2.51. The largest absolute Gasteiger partial charge is 0.353 e. The van der Waals surface area contributed by atoms with Crippen LogP contribution >= 0.6 is 0 Å². The van der Waals surface area contributed by atoms with Crippen LogP contribution in [-0.2, 0) is 16.4 Å². The SMILES string of the molecule is CS(=O)(=O)c1cncc(C(=O)NCc2cc3nc(-c4cccc(N5CCC6(C#N)CC5C6)n4)ccc3cn2)c1. The second-order valence-corrected chi connectivity index (χ2v) is 12.2. The molecule has 11 heteroatoms. The number of hydrogen-bond donors (Lipinski definition) is 1. The fraction of sp³-hybridized carbons (Fsp3) is 0.286. The van der Waals surface area contributed by atoms with E-state index in [4.69, 9.17) is 9.97 Å². The number of aromatic nitrogens is 4. The van der Waals surface area contributed by atoms with Crippen molar-refractivity contribution in [3.05, 3.63) is 72.3 Å². The molecule has 3 fully saturated rings. The molecular weight excluding hydrogens is 514 g/mol. The Morgan fingerprint density at radius 1 is 1.13 bits per heavy atom. The number of amides is 1. The minimum Gasteiger partial charge on any atom is -0.353 e. The molecule has 196 valence electrons. The van der Waals surface area contributed by atoms with Gasteiger partial charge in [0.15, 0.2) is 9.84 Å². The molecule has 0 unspecified atom stereocenters. The number of anilines is 1. The Balaban J connectivity index is 1.19. The Morgan fingerprint density at radius 3 is 2.69 bits per heavy atom. The van der Waals surface area contributed by atoms with Gasteiger partial charge >= 0.3 is 0 Å². The smallest absolute Gasteiger partial charge is 0.253 e. The third kappa shape index (κ3) is 4.79. The van der Waals surface area contributed by atoms with Crippen LogP contribution < -0.4 is 10.2 Å². The van der Waals surface area contributed by atoms with E-state index in [-0.39, 0.29) is 22.4 Å². The van der Waals surface area contributed by atoms with E-state index >= 15 is 0 Å². The number of nitrogens with one attached hydrogen (secondary N) is 1. The van der Waals surface area contributed by atoms with Crippen LogP contribution in [0.15, 0.2) is 66.0 Å². The molecule has 3 aliphatic rings. The summed E-state index contributed by atoms with van der Waals surface area (Å²) >= 11 is 0. The van der Waals surface area contributed by atoms with Crippen molar-refractivity contribution in [1.82, 2.24) is 25.3 Å². The number of piperidine rings is 2. The molecule has 0 radical (unpaired) electrons. The summed E-state index contributed by atoms with van der Waals surface area (Å²) in [5.74, 6) is 0.451. The summed E-state index contributed by atoms with van der Waals surface area (Å²) in [6.45, 7) is 0.966. The third-order valence-electron chi connectivity index (χ3n) is 7.52. The van der Waals surface area contributed by atoms with Crippen LogP contribution in [0, 0.1) is 16.7 Å². The Kier molecular flexibility index (Phi) is 5.99. The zero-order valence-electron chi connectivity index (χ0n) is 21.2. The molecular formula is C28H25N7O3S. The second-order valence-electron chi connectivity index (χ2n) is 10.2. The lowest BCUT2D eigenvalue weighted by molar-refractivity contribution is 0.0950. The quantitative estimate of drug-likeness (QED) is 0.390. The van der Waals surface area contributed by atoms with Gasteiger partial charge in [-0.2, -0.15) is 5.26 Å². The van der Waals surface area contributed by atoms with E-state index in [2.05, 4.69) is 26.3 Å². The van der Waals surface area contributed by atoms with E-state index < -0.39 is 15.7 Å². The lowest BCUT2D eigenvalue weighted by atomic mass is 9.61. The van der Waals surface area contributed by atoms with E-state index in [0.717, 1.165) is 60.2 Å². The van der Waals surface area contributed by atoms with Crippen LogP contribution in [0.5, 0.6) is 0 Å². The average molecular weight is 540 g/mol. The van der Waals surface area contributed by atoms with Crippen LogP contribution in [0.25, 0.3) is 22.3 Å². The molecule has 2 aliphatic heterocycles. The van der Waals surface area contributed by atoms with Crippen molar-refractivity contribution in [2.45, 2.75) is 36.7 Å². The van der Waals surface area contributed by atoms with Crippen LogP contribution in [0.4, 0.5) is 5.82 Å². The molecule has 6 heterocycles. The molecule has 1 amide bonds. The van der Waals surface area contributed by atoms with Gasteiger partial charge in [0.2, 0.25) is 0 Å². The molecule has 1 aliphatic carbocycles. The van der Waals surface area contributed by atoms with E-state index in [9.17, 15) is 18.5 Å². The summed E-state index contributed by atoms with van der Waals surface area (Å²) in [4.78, 5) is 32.9. The summed E-state index contributed by atoms with van der Waals surface area (Å²) in [5, 5.41) is 13.1. The molecule has 0 spiro atoms. The average Bonchev–Trinajstić information content (AvgIpc) is 2.94. The first kappa shape index (κ1) is 24.9. The molecule has 4 aromatic rings. The molecule has 0 atom stereocenters. The monoisotopic (exact) mass is 539 g/mol. The molecule has 10 nitrogen and oxygen atoms in total. The van der Waals surface area contributed by atoms with Gasteiger partial charge < -0.3 is 10.2 Å². The summed E-state index contributed by atoms with van der Waals surface area (Å²) in [6, 6.07) is 15.8. The summed E-state index contributed by atoms with van der Waals surface area (Å²) in [6.07, 6.45) is 7.97. The molecule has 2 bridgehead atoms. The van der Waals surface area contributed by atoms with Crippen molar-refractivity contribution in [2.75, 3.05) is 17.7 Å². The van der Waals surface area contributed by atoms with Crippen molar-refractivity contribution in [3.8, 4) is 17.5 Å². The molecule has 4 aromatic heterocycles. The zero-order chi connectivity index (χ0) is 27.2. The molecule has 1 saturated carbocycles. The standard InChI is InChI=1S/C28H25N7O3S/c1-39(37,38)22-9-19(13-30-16-22)27(36)32-15-20-10-25-18(14-31-20)5-6-24(33-25)23-3-2-4-26(34-23)35-8-7-28(17-29)11-21(35)12-28/h2-6,9-10,13-14,16,21H,7-8,11-12,15H2,1H3,(H,32,36). The van der Waals surface area contributed by atoms with E-state index in [1.165, 1.54) is 18.5 Å². The van der Waals surface area contributed by atoms with Crippen molar-refractivity contribution in [3.63, 3.8) is 0 Å². The maximum atomic E-state index is 12.6. The second kappa shape index (κ2) is 9.39. The van der Waals surface area contributed by atoms with Gasteiger partial charge in [0.1, 0.15) is 5.82 Å². The first-order valence-corrected chi connectivity index (χ1v) is 14.5. The normalized spacial score (nSPS) is 20.2. The van der Waals surface area contributed by atoms with Crippen molar-refractivity contribution < 1.29 is 13.2 Å². The van der Waals surface area contributed by atoms with Gasteiger partial charge in [0.05, 0.1) is 51.1 Å². The highest BCUT2D eigenvalue weighted by Crippen LogP contribution is 2.51. The number of carbonyl (C=O) groups is 1. The van der Waals surface area contributed by atoms with Gasteiger partial charge in [-0.15, -0.1) is 0 Å². The Labute approximate surface area is 225 Å². The van der Waals surface area contributed by atoms with Crippen molar-refractivity contribution in [1.29, 1.82) is 5.26 Å². The van der Waals surface area contributed by atoms with Crippen LogP contribution in [0.3, 0.4) is 0 Å². The molecule has 2 saturated heterocycles. The van der Waals surface area contributed by atoms with Crippen LogP contribution in [0.2, 0.25) is 0 Å². The topological polar surface area (TPSA) is 142 Å².